The van der Waals surface area contributed by atoms with Crippen LogP contribution in [0.1, 0.15) is 0 Å². The number of rotatable bonds is 6. The van der Waals surface area contributed by atoms with Crippen molar-refractivity contribution in [1.82, 2.24) is 0 Å². The van der Waals surface area contributed by atoms with E-state index in [9.17, 15) is 20.2 Å². The maximum absolute atomic E-state index is 11.9. The Labute approximate surface area is 290 Å². The molecule has 0 radical (unpaired) electrons. The molecule has 2 aliphatic heterocycles. The Kier molecular flexibility index (Phi) is 7.50. The first-order valence-electron chi connectivity index (χ1n) is 15.3. The molecular formula is C38H26N4O5S2. The quantitative estimate of drug-likeness (QED) is 0.125. The minimum atomic E-state index is -0.430. The Morgan fingerprint density at radius 3 is 1.35 bits per heavy atom. The average Bonchev–Trinajstić information content (AvgIpc) is 3.12. The Hall–Kier alpha value is -5.78. The zero-order valence-corrected chi connectivity index (χ0v) is 27.8. The molecule has 0 saturated carbocycles. The monoisotopic (exact) mass is 682 g/mol. The molecule has 8 rings (SSSR count). The van der Waals surface area contributed by atoms with Crippen molar-refractivity contribution in [1.29, 1.82) is 0 Å². The molecule has 0 aliphatic carbocycles. The Morgan fingerprint density at radius 1 is 0.510 bits per heavy atom. The van der Waals surface area contributed by atoms with E-state index >= 15 is 0 Å². The summed E-state index contributed by atoms with van der Waals surface area (Å²) < 4.78 is 6.59. The lowest BCUT2D eigenvalue weighted by Gasteiger charge is -2.30. The zero-order valence-electron chi connectivity index (χ0n) is 26.2. The zero-order chi connectivity index (χ0) is 33.8. The molecule has 49 heavy (non-hydrogen) atoms. The second-order valence-electron chi connectivity index (χ2n) is 11.6. The highest BCUT2D eigenvalue weighted by Gasteiger charge is 2.25. The molecule has 9 nitrogen and oxygen atoms in total. The molecule has 0 aromatic heterocycles. The van der Waals surface area contributed by atoms with E-state index in [-0.39, 0.29) is 11.4 Å². The Balaban J connectivity index is 1.22. The highest BCUT2D eigenvalue weighted by molar-refractivity contribution is 8.00. The first-order chi connectivity index (χ1) is 23.7. The summed E-state index contributed by atoms with van der Waals surface area (Å²) in [6.45, 7) is 0. The van der Waals surface area contributed by atoms with Crippen LogP contribution in [0.3, 0.4) is 0 Å². The largest absolute Gasteiger partial charge is 0.456 e. The highest BCUT2D eigenvalue weighted by atomic mass is 32.2. The summed E-state index contributed by atoms with van der Waals surface area (Å²) in [6.07, 6.45) is 0. The van der Waals surface area contributed by atoms with Crippen molar-refractivity contribution < 1.29 is 14.6 Å². The van der Waals surface area contributed by atoms with Gasteiger partial charge in [0.15, 0.2) is 0 Å². The number of nitro groups is 2. The van der Waals surface area contributed by atoms with Crippen LogP contribution in [-0.4, -0.2) is 23.9 Å². The van der Waals surface area contributed by atoms with Crippen molar-refractivity contribution in [3.63, 3.8) is 0 Å². The summed E-state index contributed by atoms with van der Waals surface area (Å²) >= 11 is 3.35. The topological polar surface area (TPSA) is 102 Å². The average molecular weight is 683 g/mol. The minimum Gasteiger partial charge on any atom is -0.456 e. The molecule has 11 heteroatoms. The normalized spacial score (nSPS) is 12.8. The van der Waals surface area contributed by atoms with Crippen molar-refractivity contribution in [3.8, 4) is 33.8 Å². The number of hydrogen-bond acceptors (Lipinski definition) is 9. The third-order valence-corrected chi connectivity index (χ3v) is 11.0. The van der Waals surface area contributed by atoms with Crippen molar-refractivity contribution in [2.75, 3.05) is 23.9 Å². The number of hydrogen-bond donors (Lipinski definition) is 0. The van der Waals surface area contributed by atoms with Gasteiger partial charge in [-0.2, -0.15) is 0 Å². The second kappa shape index (κ2) is 12.0. The van der Waals surface area contributed by atoms with Gasteiger partial charge in [-0.05, 0) is 71.8 Å². The Morgan fingerprint density at radius 2 is 0.918 bits per heavy atom. The summed E-state index contributed by atoms with van der Waals surface area (Å²) in [5, 5.41) is 23.8. The first-order valence-corrected chi connectivity index (χ1v) is 16.9. The lowest BCUT2D eigenvalue weighted by Crippen LogP contribution is -2.14. The number of nitrogens with zero attached hydrogens (tertiary/aromatic N) is 4. The fourth-order valence-electron chi connectivity index (χ4n) is 6.21. The molecule has 0 atom stereocenters. The molecule has 0 N–H and O–H groups in total. The molecule has 6 aromatic carbocycles. The standard InChI is InChI=1S/C38H26N4O5S2/c1-39-29-7-3-5-9-35(29)48-37-17-11-23(19-31(37)39)27-21-25(41(43)44)13-15-33(27)47-34-16-14-26(42(45)46)22-28(34)24-12-18-38-32(20-24)40(2)30-8-4-6-10-36(30)49-38/h3-22H,1-2H3. The fraction of sp³-hybridized carbons (Fsp3) is 0.0526. The first kappa shape index (κ1) is 30.5. The number of nitro benzene ring substituents is 2. The second-order valence-corrected chi connectivity index (χ2v) is 13.8. The van der Waals surface area contributed by atoms with Crippen LogP contribution in [-0.2, 0) is 0 Å². The van der Waals surface area contributed by atoms with Gasteiger partial charge in [-0.15, -0.1) is 0 Å². The van der Waals surface area contributed by atoms with Crippen molar-refractivity contribution >= 4 is 57.6 Å². The summed E-state index contributed by atoms with van der Waals surface area (Å²) in [5.74, 6) is 0.762. The fourth-order valence-corrected chi connectivity index (χ4v) is 8.47. The van der Waals surface area contributed by atoms with Crippen LogP contribution in [0.2, 0.25) is 0 Å². The van der Waals surface area contributed by atoms with E-state index in [1.54, 1.807) is 35.7 Å². The molecule has 6 aromatic rings. The van der Waals surface area contributed by atoms with Gasteiger partial charge in [0.05, 0.1) is 32.6 Å². The van der Waals surface area contributed by atoms with Gasteiger partial charge in [0.25, 0.3) is 11.4 Å². The van der Waals surface area contributed by atoms with Gasteiger partial charge < -0.3 is 14.5 Å². The summed E-state index contributed by atoms with van der Waals surface area (Å²) in [5.41, 5.74) is 6.44. The van der Waals surface area contributed by atoms with Gasteiger partial charge in [-0.25, -0.2) is 0 Å². The summed E-state index contributed by atoms with van der Waals surface area (Å²) in [4.78, 5) is 31.6. The van der Waals surface area contributed by atoms with E-state index in [2.05, 4.69) is 34.1 Å². The highest BCUT2D eigenvalue weighted by Crippen LogP contribution is 2.51. The van der Waals surface area contributed by atoms with E-state index in [1.165, 1.54) is 24.3 Å². The van der Waals surface area contributed by atoms with E-state index in [0.717, 1.165) is 53.5 Å². The van der Waals surface area contributed by atoms with Crippen LogP contribution in [0.5, 0.6) is 11.5 Å². The maximum Gasteiger partial charge on any atom is 0.270 e. The number of ether oxygens (including phenoxy) is 1. The van der Waals surface area contributed by atoms with Crippen molar-refractivity contribution in [3.05, 3.63) is 142 Å². The smallest absolute Gasteiger partial charge is 0.270 e. The van der Waals surface area contributed by atoms with Crippen LogP contribution in [0.4, 0.5) is 34.1 Å². The molecule has 2 heterocycles. The lowest BCUT2D eigenvalue weighted by atomic mass is 10.0. The van der Waals surface area contributed by atoms with Crippen molar-refractivity contribution in [2.24, 2.45) is 0 Å². The molecule has 2 aliphatic rings. The number of benzene rings is 6. The lowest BCUT2D eigenvalue weighted by molar-refractivity contribution is -0.385. The third kappa shape index (κ3) is 5.42. The van der Waals surface area contributed by atoms with E-state index < -0.39 is 9.85 Å². The molecule has 0 spiro atoms. The molecule has 0 amide bonds. The van der Waals surface area contributed by atoms with Crippen LogP contribution >= 0.6 is 23.5 Å². The van der Waals surface area contributed by atoms with Crippen LogP contribution in [0.25, 0.3) is 22.3 Å². The number of fused-ring (bicyclic) bond motifs is 4. The summed E-state index contributed by atoms with van der Waals surface area (Å²) in [6, 6.07) is 37.2. The van der Waals surface area contributed by atoms with Gasteiger partial charge in [0.2, 0.25) is 0 Å². The molecule has 240 valence electrons. The van der Waals surface area contributed by atoms with Gasteiger partial charge in [-0.3, -0.25) is 20.2 Å². The Bertz CT molecular complexity index is 2180. The maximum atomic E-state index is 11.9. The third-order valence-electron chi connectivity index (χ3n) is 8.72. The van der Waals surface area contributed by atoms with Gasteiger partial charge in [-0.1, -0.05) is 59.9 Å². The van der Waals surface area contributed by atoms with E-state index in [1.807, 2.05) is 74.8 Å². The van der Waals surface area contributed by atoms with Crippen LogP contribution < -0.4 is 14.5 Å². The van der Waals surface area contributed by atoms with Crippen molar-refractivity contribution in [2.45, 2.75) is 19.6 Å². The predicted octanol–water partition coefficient (Wildman–Crippen LogP) is 11.1. The molecule has 0 unspecified atom stereocenters. The number of non-ortho nitro benzene ring substituents is 2. The molecule has 0 saturated heterocycles. The predicted molar refractivity (Wildman–Crippen MR) is 194 cm³/mol. The van der Waals surface area contributed by atoms with Crippen LogP contribution in [0.15, 0.2) is 141 Å². The van der Waals surface area contributed by atoms with Crippen LogP contribution in [0, 0.1) is 20.2 Å². The molecule has 0 bridgehead atoms. The van der Waals surface area contributed by atoms with E-state index in [4.69, 9.17) is 4.74 Å². The number of anilines is 4. The SMILES string of the molecule is CN1c2ccccc2Sc2ccc(-c3cc([N+](=O)[O-])ccc3Oc3ccc([N+](=O)[O-])cc3-c3ccc4c(c3)N(C)c3ccccc3S4)cc21. The molecular weight excluding hydrogens is 657 g/mol. The number of para-hydroxylation sites is 2. The van der Waals surface area contributed by atoms with Gasteiger partial charge >= 0.3 is 0 Å². The molecule has 0 fully saturated rings. The summed E-state index contributed by atoms with van der Waals surface area (Å²) in [7, 11) is 4.00. The van der Waals surface area contributed by atoms with Gasteiger partial charge in [0.1, 0.15) is 11.5 Å². The van der Waals surface area contributed by atoms with Gasteiger partial charge in [0, 0.05) is 69.1 Å². The van der Waals surface area contributed by atoms with E-state index in [0.29, 0.717) is 22.6 Å². The minimum absolute atomic E-state index is 0.0763.